The van der Waals surface area contributed by atoms with Crippen molar-refractivity contribution in [2.45, 2.75) is 20.4 Å². The minimum atomic E-state index is 0.433. The van der Waals surface area contributed by atoms with Crippen LogP contribution >= 0.6 is 0 Å². The Morgan fingerprint density at radius 3 is 2.63 bits per heavy atom. The highest BCUT2D eigenvalue weighted by atomic mass is 16.5. The van der Waals surface area contributed by atoms with Crippen molar-refractivity contribution in [1.82, 2.24) is 20.3 Å². The van der Waals surface area contributed by atoms with Crippen molar-refractivity contribution >= 4 is 16.6 Å². The Balaban J connectivity index is 1.91. The zero-order valence-electron chi connectivity index (χ0n) is 10.7. The smallest absolute Gasteiger partial charge is 0.245 e. The van der Waals surface area contributed by atoms with Crippen molar-refractivity contribution in [3.05, 3.63) is 41.7 Å². The lowest BCUT2D eigenvalue weighted by atomic mass is 10.1. The van der Waals surface area contributed by atoms with Gasteiger partial charge in [-0.15, -0.1) is 5.10 Å². The fourth-order valence-electron chi connectivity index (χ4n) is 1.94. The second-order valence-electron chi connectivity index (χ2n) is 4.27. The predicted molar refractivity (Wildman–Crippen MR) is 70.6 cm³/mol. The van der Waals surface area contributed by atoms with E-state index in [1.165, 1.54) is 0 Å². The van der Waals surface area contributed by atoms with Crippen LogP contribution in [0, 0.1) is 13.8 Å². The molecule has 0 fully saturated rings. The maximum atomic E-state index is 5.05. The van der Waals surface area contributed by atoms with Crippen LogP contribution in [0.2, 0.25) is 0 Å². The second-order valence-corrected chi connectivity index (χ2v) is 4.27. The van der Waals surface area contributed by atoms with Gasteiger partial charge in [0.05, 0.1) is 12.2 Å². The van der Waals surface area contributed by atoms with E-state index in [1.807, 2.05) is 31.2 Å². The van der Waals surface area contributed by atoms with Crippen molar-refractivity contribution < 1.29 is 4.52 Å². The molecule has 0 aliphatic rings. The van der Waals surface area contributed by atoms with Crippen molar-refractivity contribution in [2.75, 3.05) is 5.32 Å². The quantitative estimate of drug-likeness (QED) is 0.773. The Hall–Kier alpha value is -2.50. The Bertz CT molecular complexity index is 722. The average Bonchev–Trinajstić information content (AvgIpc) is 2.84. The number of nitrogens with one attached hydrogen (secondary N) is 1. The first-order chi connectivity index (χ1) is 9.24. The highest BCUT2D eigenvalue weighted by Crippen LogP contribution is 2.22. The van der Waals surface area contributed by atoms with Crippen LogP contribution in [0.25, 0.3) is 10.8 Å². The van der Waals surface area contributed by atoms with Gasteiger partial charge in [0, 0.05) is 10.8 Å². The first-order valence-corrected chi connectivity index (χ1v) is 5.99. The first kappa shape index (κ1) is 11.6. The third-order valence-electron chi connectivity index (χ3n) is 2.85. The molecule has 1 N–H and O–H groups in total. The monoisotopic (exact) mass is 255 g/mol. The molecule has 2 aromatic heterocycles. The Morgan fingerprint density at radius 1 is 1.11 bits per heavy atom. The molecule has 6 heteroatoms. The molecule has 96 valence electrons. The van der Waals surface area contributed by atoms with Gasteiger partial charge in [0.15, 0.2) is 11.6 Å². The lowest BCUT2D eigenvalue weighted by molar-refractivity contribution is 0.379. The summed E-state index contributed by atoms with van der Waals surface area (Å²) in [6.45, 7) is 4.16. The van der Waals surface area contributed by atoms with Gasteiger partial charge in [0.2, 0.25) is 5.89 Å². The molecule has 0 aliphatic heterocycles. The molecule has 2 heterocycles. The van der Waals surface area contributed by atoms with Crippen molar-refractivity contribution in [1.29, 1.82) is 0 Å². The number of anilines is 1. The summed E-state index contributed by atoms with van der Waals surface area (Å²) in [6, 6.07) is 8.01. The zero-order chi connectivity index (χ0) is 13.2. The summed E-state index contributed by atoms with van der Waals surface area (Å²) >= 11 is 0. The molecular formula is C13H13N5O. The maximum absolute atomic E-state index is 5.05. The van der Waals surface area contributed by atoms with Crippen LogP contribution in [-0.4, -0.2) is 20.3 Å². The van der Waals surface area contributed by atoms with E-state index in [2.05, 4.69) is 25.7 Å². The van der Waals surface area contributed by atoms with E-state index in [0.29, 0.717) is 18.3 Å². The van der Waals surface area contributed by atoms with Gasteiger partial charge in [0.1, 0.15) is 0 Å². The fraction of sp³-hybridized carbons (Fsp3) is 0.231. The van der Waals surface area contributed by atoms with Gasteiger partial charge in [-0.3, -0.25) is 0 Å². The average molecular weight is 255 g/mol. The summed E-state index contributed by atoms with van der Waals surface area (Å²) in [5, 5.41) is 17.4. The molecule has 0 atom stereocenters. The lowest BCUT2D eigenvalue weighted by Gasteiger charge is -2.07. The van der Waals surface area contributed by atoms with Crippen LogP contribution in [0.1, 0.15) is 17.4 Å². The predicted octanol–water partition coefficient (Wildman–Crippen LogP) is 2.24. The fourth-order valence-corrected chi connectivity index (χ4v) is 1.94. The van der Waals surface area contributed by atoms with Crippen molar-refractivity contribution in [2.24, 2.45) is 0 Å². The molecule has 0 bridgehead atoms. The number of rotatable bonds is 3. The molecule has 3 aromatic rings. The van der Waals surface area contributed by atoms with Gasteiger partial charge in [-0.05, 0) is 13.8 Å². The van der Waals surface area contributed by atoms with Crippen LogP contribution < -0.4 is 5.32 Å². The number of hydrogen-bond donors (Lipinski definition) is 1. The van der Waals surface area contributed by atoms with E-state index in [-0.39, 0.29) is 0 Å². The van der Waals surface area contributed by atoms with E-state index in [9.17, 15) is 0 Å². The van der Waals surface area contributed by atoms with Gasteiger partial charge in [-0.1, -0.05) is 29.4 Å². The molecule has 0 saturated carbocycles. The van der Waals surface area contributed by atoms with Crippen LogP contribution in [0.3, 0.4) is 0 Å². The number of hydrogen-bond acceptors (Lipinski definition) is 6. The topological polar surface area (TPSA) is 76.7 Å². The molecule has 0 aliphatic carbocycles. The summed E-state index contributed by atoms with van der Waals surface area (Å²) in [6.07, 6.45) is 0. The third kappa shape index (κ3) is 2.24. The summed E-state index contributed by atoms with van der Waals surface area (Å²) in [5.41, 5.74) is 0.912. The van der Waals surface area contributed by atoms with Gasteiger partial charge in [0.25, 0.3) is 0 Å². The molecule has 0 spiro atoms. The standard InChI is InChI=1S/C13H13N5O/c1-8-10-5-3-4-6-11(10)13(17-16-8)14-7-12-15-9(2)18-19-12/h3-6H,7H2,1-2H3,(H,14,17). The molecule has 3 rings (SSSR count). The minimum Gasteiger partial charge on any atom is -0.359 e. The number of aryl methyl sites for hydroxylation is 2. The van der Waals surface area contributed by atoms with E-state index in [0.717, 1.165) is 22.3 Å². The molecule has 6 nitrogen and oxygen atoms in total. The molecule has 19 heavy (non-hydrogen) atoms. The lowest BCUT2D eigenvalue weighted by Crippen LogP contribution is -2.04. The molecule has 1 aromatic carbocycles. The maximum Gasteiger partial charge on any atom is 0.245 e. The van der Waals surface area contributed by atoms with E-state index in [1.54, 1.807) is 6.92 Å². The van der Waals surface area contributed by atoms with Crippen LogP contribution in [0.15, 0.2) is 28.8 Å². The minimum absolute atomic E-state index is 0.433. The van der Waals surface area contributed by atoms with Crippen LogP contribution in [0.4, 0.5) is 5.82 Å². The van der Waals surface area contributed by atoms with E-state index in [4.69, 9.17) is 4.52 Å². The third-order valence-corrected chi connectivity index (χ3v) is 2.85. The number of fused-ring (bicyclic) bond motifs is 1. The number of aromatic nitrogens is 4. The van der Waals surface area contributed by atoms with E-state index >= 15 is 0 Å². The Morgan fingerprint density at radius 2 is 1.89 bits per heavy atom. The normalized spacial score (nSPS) is 10.8. The number of benzene rings is 1. The SMILES string of the molecule is Cc1noc(CNc2nnc(C)c3ccccc23)n1. The molecule has 0 unspecified atom stereocenters. The van der Waals surface area contributed by atoms with Gasteiger partial charge >= 0.3 is 0 Å². The first-order valence-electron chi connectivity index (χ1n) is 5.99. The van der Waals surface area contributed by atoms with Crippen molar-refractivity contribution in [3.8, 4) is 0 Å². The van der Waals surface area contributed by atoms with E-state index < -0.39 is 0 Å². The van der Waals surface area contributed by atoms with Gasteiger partial charge in [-0.25, -0.2) is 0 Å². The highest BCUT2D eigenvalue weighted by Gasteiger charge is 2.07. The molecule has 0 radical (unpaired) electrons. The Kier molecular flexibility index (Phi) is 2.83. The van der Waals surface area contributed by atoms with Crippen LogP contribution in [-0.2, 0) is 6.54 Å². The molecule has 0 amide bonds. The van der Waals surface area contributed by atoms with Gasteiger partial charge < -0.3 is 9.84 Å². The summed E-state index contributed by atoms with van der Waals surface area (Å²) in [7, 11) is 0. The molecular weight excluding hydrogens is 242 g/mol. The summed E-state index contributed by atoms with van der Waals surface area (Å²) in [4.78, 5) is 4.13. The zero-order valence-corrected chi connectivity index (χ0v) is 10.7. The Labute approximate surface area is 109 Å². The van der Waals surface area contributed by atoms with Crippen molar-refractivity contribution in [3.63, 3.8) is 0 Å². The highest BCUT2D eigenvalue weighted by molar-refractivity contribution is 5.92. The summed E-state index contributed by atoms with van der Waals surface area (Å²) < 4.78 is 5.05. The number of nitrogens with zero attached hydrogens (tertiary/aromatic N) is 4. The van der Waals surface area contributed by atoms with Crippen LogP contribution in [0.5, 0.6) is 0 Å². The second kappa shape index (κ2) is 4.64. The summed E-state index contributed by atoms with van der Waals surface area (Å²) in [5.74, 6) is 1.87. The molecule has 0 saturated heterocycles. The van der Waals surface area contributed by atoms with Gasteiger partial charge in [-0.2, -0.15) is 10.1 Å². The largest absolute Gasteiger partial charge is 0.359 e.